The summed E-state index contributed by atoms with van der Waals surface area (Å²) in [6.45, 7) is 2.14. The zero-order valence-electron chi connectivity index (χ0n) is 12.7. The monoisotopic (exact) mass is 318 g/mol. The van der Waals surface area contributed by atoms with Crippen molar-refractivity contribution < 1.29 is 24.2 Å². The number of hydrogen-bond donors (Lipinski definition) is 3. The maximum Gasteiger partial charge on any atom is 0.404 e. The van der Waals surface area contributed by atoms with Crippen LogP contribution in [-0.4, -0.2) is 29.6 Å². The van der Waals surface area contributed by atoms with E-state index in [4.69, 9.17) is 9.84 Å². The molecule has 2 aliphatic rings. The average molecular weight is 318 g/mol. The number of rotatable bonds is 5. The van der Waals surface area contributed by atoms with Crippen molar-refractivity contribution in [3.05, 3.63) is 34.4 Å². The van der Waals surface area contributed by atoms with Gasteiger partial charge in [0, 0.05) is 18.0 Å². The molecule has 1 fully saturated rings. The van der Waals surface area contributed by atoms with Crippen LogP contribution in [-0.2, 0) is 16.1 Å². The molecule has 1 aromatic rings. The van der Waals surface area contributed by atoms with Crippen molar-refractivity contribution in [3.63, 3.8) is 0 Å². The quantitative estimate of drug-likeness (QED) is 0.714. The summed E-state index contributed by atoms with van der Waals surface area (Å²) in [6.07, 6.45) is 0.598. The summed E-state index contributed by atoms with van der Waals surface area (Å²) in [5, 5.41) is 14.1. The number of fused-ring (bicyclic) bond motifs is 1. The third-order valence-corrected chi connectivity index (χ3v) is 4.31. The number of ether oxygens (including phenoxy) is 1. The standard InChI is InChI=1S/C16H18N2O5/c1-8-10(4-5-11-12(8)7-23-15(11)20)13(6-17-16(21)22)18-14(19)9-2-3-9/h4-5,9,13,17H,2-3,6-7H2,1H3,(H,18,19)(H,21,22). The van der Waals surface area contributed by atoms with Crippen LogP contribution in [0.2, 0.25) is 0 Å². The zero-order valence-corrected chi connectivity index (χ0v) is 12.7. The van der Waals surface area contributed by atoms with E-state index in [0.29, 0.717) is 5.56 Å². The fraction of sp³-hybridized carbons (Fsp3) is 0.438. The zero-order chi connectivity index (χ0) is 16.6. The van der Waals surface area contributed by atoms with E-state index in [2.05, 4.69) is 10.6 Å². The minimum absolute atomic E-state index is 0.0296. The number of carbonyl (C=O) groups is 3. The maximum atomic E-state index is 12.1. The van der Waals surface area contributed by atoms with Gasteiger partial charge in [-0.2, -0.15) is 0 Å². The summed E-state index contributed by atoms with van der Waals surface area (Å²) < 4.78 is 5.03. The fourth-order valence-electron chi connectivity index (χ4n) is 2.81. The van der Waals surface area contributed by atoms with E-state index >= 15 is 0 Å². The molecule has 1 atom stereocenters. The van der Waals surface area contributed by atoms with Gasteiger partial charge >= 0.3 is 12.1 Å². The van der Waals surface area contributed by atoms with Crippen LogP contribution in [0, 0.1) is 12.8 Å². The van der Waals surface area contributed by atoms with E-state index in [0.717, 1.165) is 29.5 Å². The van der Waals surface area contributed by atoms with Crippen LogP contribution >= 0.6 is 0 Å². The lowest BCUT2D eigenvalue weighted by atomic mass is 9.94. The van der Waals surface area contributed by atoms with Gasteiger partial charge in [-0.3, -0.25) is 4.79 Å². The van der Waals surface area contributed by atoms with Crippen molar-refractivity contribution in [2.24, 2.45) is 5.92 Å². The lowest BCUT2D eigenvalue weighted by Gasteiger charge is -2.22. The number of esters is 1. The molecule has 1 saturated carbocycles. The van der Waals surface area contributed by atoms with Gasteiger partial charge in [-0.15, -0.1) is 0 Å². The Morgan fingerprint density at radius 2 is 2.13 bits per heavy atom. The highest BCUT2D eigenvalue weighted by atomic mass is 16.5. The third-order valence-electron chi connectivity index (χ3n) is 4.31. The van der Waals surface area contributed by atoms with Crippen molar-refractivity contribution in [2.75, 3.05) is 6.54 Å². The molecule has 0 bridgehead atoms. The first-order valence-electron chi connectivity index (χ1n) is 7.54. The maximum absolute atomic E-state index is 12.1. The molecule has 2 amide bonds. The largest absolute Gasteiger partial charge is 0.465 e. The molecule has 122 valence electrons. The van der Waals surface area contributed by atoms with Crippen molar-refractivity contribution in [2.45, 2.75) is 32.4 Å². The second-order valence-corrected chi connectivity index (χ2v) is 5.90. The third kappa shape index (κ3) is 3.13. The summed E-state index contributed by atoms with van der Waals surface area (Å²) in [5.41, 5.74) is 2.98. The minimum Gasteiger partial charge on any atom is -0.465 e. The molecular weight excluding hydrogens is 300 g/mol. The van der Waals surface area contributed by atoms with Crippen LogP contribution in [0.3, 0.4) is 0 Å². The Hall–Kier alpha value is -2.57. The van der Waals surface area contributed by atoms with Gasteiger partial charge < -0.3 is 20.5 Å². The second kappa shape index (κ2) is 5.91. The van der Waals surface area contributed by atoms with Gasteiger partial charge in [-0.05, 0) is 37.0 Å². The fourth-order valence-corrected chi connectivity index (χ4v) is 2.81. The predicted octanol–water partition coefficient (Wildman–Crippen LogP) is 1.50. The van der Waals surface area contributed by atoms with Gasteiger partial charge in [0.25, 0.3) is 0 Å². The Morgan fingerprint density at radius 3 is 2.78 bits per heavy atom. The van der Waals surface area contributed by atoms with Gasteiger partial charge in [0.15, 0.2) is 0 Å². The highest BCUT2D eigenvalue weighted by molar-refractivity contribution is 5.94. The summed E-state index contributed by atoms with van der Waals surface area (Å²) in [6, 6.07) is 2.95. The van der Waals surface area contributed by atoms with Crippen LogP contribution in [0.1, 0.15) is 45.9 Å². The number of nitrogens with one attached hydrogen (secondary N) is 2. The molecule has 0 spiro atoms. The van der Waals surface area contributed by atoms with Crippen LogP contribution < -0.4 is 10.6 Å². The number of carbonyl (C=O) groups excluding carboxylic acids is 2. The lowest BCUT2D eigenvalue weighted by molar-refractivity contribution is -0.123. The van der Waals surface area contributed by atoms with E-state index in [1.165, 1.54) is 0 Å². The van der Waals surface area contributed by atoms with Gasteiger partial charge in [-0.25, -0.2) is 9.59 Å². The Morgan fingerprint density at radius 1 is 1.39 bits per heavy atom. The van der Waals surface area contributed by atoms with Crippen molar-refractivity contribution in [1.82, 2.24) is 10.6 Å². The molecule has 3 rings (SSSR count). The molecule has 7 nitrogen and oxygen atoms in total. The summed E-state index contributed by atoms with van der Waals surface area (Å²) >= 11 is 0. The Bertz CT molecular complexity index is 681. The first-order valence-corrected chi connectivity index (χ1v) is 7.54. The highest BCUT2D eigenvalue weighted by Gasteiger charge is 2.32. The van der Waals surface area contributed by atoms with Crippen LogP contribution in [0.4, 0.5) is 4.79 Å². The van der Waals surface area contributed by atoms with Crippen molar-refractivity contribution >= 4 is 18.0 Å². The molecule has 1 unspecified atom stereocenters. The predicted molar refractivity (Wildman–Crippen MR) is 79.9 cm³/mol. The molecular formula is C16H18N2O5. The van der Waals surface area contributed by atoms with Crippen molar-refractivity contribution in [1.29, 1.82) is 0 Å². The van der Waals surface area contributed by atoms with Gasteiger partial charge in [0.05, 0.1) is 11.6 Å². The topological polar surface area (TPSA) is 105 Å². The molecule has 23 heavy (non-hydrogen) atoms. The summed E-state index contributed by atoms with van der Waals surface area (Å²) in [4.78, 5) is 34.5. The van der Waals surface area contributed by atoms with E-state index in [1.54, 1.807) is 12.1 Å². The molecule has 0 saturated heterocycles. The average Bonchev–Trinajstić information content (AvgIpc) is 3.29. The van der Waals surface area contributed by atoms with Gasteiger partial charge in [-0.1, -0.05) is 6.07 Å². The summed E-state index contributed by atoms with van der Waals surface area (Å²) in [5.74, 6) is -0.381. The SMILES string of the molecule is Cc1c(C(CNC(=O)O)NC(=O)C2CC2)ccc2c1COC2=O. The molecule has 7 heteroatoms. The summed E-state index contributed by atoms with van der Waals surface area (Å²) in [7, 11) is 0. The molecule has 1 aromatic carbocycles. The molecule has 1 aliphatic carbocycles. The number of hydrogen-bond acceptors (Lipinski definition) is 4. The van der Waals surface area contributed by atoms with E-state index in [1.807, 2.05) is 6.92 Å². The number of amides is 2. The highest BCUT2D eigenvalue weighted by Crippen LogP contribution is 2.32. The van der Waals surface area contributed by atoms with Crippen LogP contribution in [0.5, 0.6) is 0 Å². The van der Waals surface area contributed by atoms with E-state index < -0.39 is 12.1 Å². The van der Waals surface area contributed by atoms with E-state index in [-0.39, 0.29) is 30.9 Å². The van der Waals surface area contributed by atoms with E-state index in [9.17, 15) is 14.4 Å². The van der Waals surface area contributed by atoms with Crippen LogP contribution in [0.25, 0.3) is 0 Å². The normalized spacial score (nSPS) is 17.2. The molecule has 3 N–H and O–H groups in total. The first-order chi connectivity index (χ1) is 11.0. The molecule has 0 radical (unpaired) electrons. The smallest absolute Gasteiger partial charge is 0.404 e. The molecule has 0 aromatic heterocycles. The first kappa shape index (κ1) is 15.3. The Labute approximate surface area is 133 Å². The minimum atomic E-state index is -1.15. The molecule has 1 heterocycles. The second-order valence-electron chi connectivity index (χ2n) is 5.90. The number of carboxylic acid groups (broad SMARTS) is 1. The number of cyclic esters (lactones) is 1. The Kier molecular flexibility index (Phi) is 3.94. The molecule has 1 aliphatic heterocycles. The van der Waals surface area contributed by atoms with Crippen LogP contribution in [0.15, 0.2) is 12.1 Å². The number of benzene rings is 1. The van der Waals surface area contributed by atoms with Gasteiger partial charge in [0.1, 0.15) is 6.61 Å². The lowest BCUT2D eigenvalue weighted by Crippen LogP contribution is -2.38. The Balaban J connectivity index is 1.87. The van der Waals surface area contributed by atoms with Gasteiger partial charge in [0.2, 0.25) is 5.91 Å². The van der Waals surface area contributed by atoms with Crippen molar-refractivity contribution in [3.8, 4) is 0 Å².